The van der Waals surface area contributed by atoms with Crippen LogP contribution in [0.4, 0.5) is 5.82 Å². The van der Waals surface area contributed by atoms with Crippen LogP contribution in [0.5, 0.6) is 0 Å². The molecule has 0 unspecified atom stereocenters. The molecule has 0 amide bonds. The summed E-state index contributed by atoms with van der Waals surface area (Å²) in [5.74, 6) is 0.844. The first-order chi connectivity index (χ1) is 5.29. The zero-order valence-corrected chi connectivity index (χ0v) is 8.14. The van der Waals surface area contributed by atoms with E-state index in [-0.39, 0.29) is 0 Å². The van der Waals surface area contributed by atoms with E-state index in [1.165, 1.54) is 0 Å². The summed E-state index contributed by atoms with van der Waals surface area (Å²) < 4.78 is 0.963. The summed E-state index contributed by atoms with van der Waals surface area (Å²) in [6.45, 7) is 2.06. The van der Waals surface area contributed by atoms with E-state index in [2.05, 4.69) is 38.1 Å². The minimum absolute atomic E-state index is 0.844. The molecule has 1 heterocycles. The number of aryl methyl sites for hydroxylation is 1. The van der Waals surface area contributed by atoms with E-state index in [4.69, 9.17) is 0 Å². The van der Waals surface area contributed by atoms with Crippen LogP contribution in [-0.2, 0) is 6.42 Å². The largest absolute Gasteiger partial charge is 0.372 e. The lowest BCUT2D eigenvalue weighted by Crippen LogP contribution is -1.98. The van der Waals surface area contributed by atoms with Gasteiger partial charge < -0.3 is 5.32 Å². The Morgan fingerprint density at radius 2 is 2.27 bits per heavy atom. The number of anilines is 1. The average Bonchev–Trinajstić information content (AvgIpc) is 2.05. The van der Waals surface area contributed by atoms with Crippen molar-refractivity contribution in [3.05, 3.63) is 16.5 Å². The van der Waals surface area contributed by atoms with Crippen molar-refractivity contribution < 1.29 is 0 Å². The molecule has 0 aliphatic heterocycles. The Labute approximate surface area is 74.4 Å². The van der Waals surface area contributed by atoms with Crippen molar-refractivity contribution in [3.63, 3.8) is 0 Å². The highest BCUT2D eigenvalue weighted by atomic mass is 79.9. The van der Waals surface area contributed by atoms with Crippen molar-refractivity contribution in [3.8, 4) is 0 Å². The van der Waals surface area contributed by atoms with Crippen LogP contribution in [0.3, 0.4) is 0 Å². The molecule has 1 aromatic heterocycles. The Hall–Kier alpha value is -0.640. The molecule has 0 saturated carbocycles. The molecule has 1 N–H and O–H groups in total. The molecular formula is C7H10BrN3. The fourth-order valence-corrected chi connectivity index (χ4v) is 1.51. The normalized spacial score (nSPS) is 9.73. The fourth-order valence-electron chi connectivity index (χ4n) is 0.827. The van der Waals surface area contributed by atoms with Crippen LogP contribution in [0.25, 0.3) is 0 Å². The van der Waals surface area contributed by atoms with Crippen molar-refractivity contribution in [2.24, 2.45) is 0 Å². The van der Waals surface area contributed by atoms with Gasteiger partial charge >= 0.3 is 0 Å². The van der Waals surface area contributed by atoms with Crippen LogP contribution in [-0.4, -0.2) is 17.0 Å². The number of halogens is 1. The number of hydrogen-bond acceptors (Lipinski definition) is 3. The molecule has 0 spiro atoms. The molecule has 0 saturated heterocycles. The molecule has 1 rings (SSSR count). The standard InChI is InChI=1S/C7H10BrN3/c1-3-5-6(8)7(9-2)11-4-10-5/h4H,3H2,1-2H3,(H,9,10,11). The average molecular weight is 216 g/mol. The highest BCUT2D eigenvalue weighted by Gasteiger charge is 2.03. The van der Waals surface area contributed by atoms with E-state index in [1.54, 1.807) is 6.33 Å². The van der Waals surface area contributed by atoms with Gasteiger partial charge in [0.05, 0.1) is 10.2 Å². The molecule has 4 heteroatoms. The number of rotatable bonds is 2. The minimum Gasteiger partial charge on any atom is -0.372 e. The zero-order valence-electron chi connectivity index (χ0n) is 6.56. The van der Waals surface area contributed by atoms with Gasteiger partial charge in [0, 0.05) is 7.05 Å². The topological polar surface area (TPSA) is 37.8 Å². The predicted molar refractivity (Wildman–Crippen MR) is 48.7 cm³/mol. The summed E-state index contributed by atoms with van der Waals surface area (Å²) in [5, 5.41) is 2.97. The highest BCUT2D eigenvalue weighted by molar-refractivity contribution is 9.10. The quantitative estimate of drug-likeness (QED) is 0.819. The second kappa shape index (κ2) is 3.67. The van der Waals surface area contributed by atoms with Crippen LogP contribution < -0.4 is 5.32 Å². The monoisotopic (exact) mass is 215 g/mol. The van der Waals surface area contributed by atoms with E-state index in [1.807, 2.05) is 7.05 Å². The van der Waals surface area contributed by atoms with Gasteiger partial charge in [-0.1, -0.05) is 6.92 Å². The third kappa shape index (κ3) is 1.68. The lowest BCUT2D eigenvalue weighted by molar-refractivity contribution is 0.984. The van der Waals surface area contributed by atoms with Crippen LogP contribution in [0.2, 0.25) is 0 Å². The molecule has 11 heavy (non-hydrogen) atoms. The van der Waals surface area contributed by atoms with E-state index in [9.17, 15) is 0 Å². The van der Waals surface area contributed by atoms with Gasteiger partial charge in [-0.25, -0.2) is 9.97 Å². The first kappa shape index (κ1) is 8.46. The van der Waals surface area contributed by atoms with Crippen molar-refractivity contribution >= 4 is 21.7 Å². The summed E-state index contributed by atoms with van der Waals surface area (Å²) in [7, 11) is 1.84. The summed E-state index contributed by atoms with van der Waals surface area (Å²) in [4.78, 5) is 8.14. The molecular weight excluding hydrogens is 206 g/mol. The first-order valence-corrected chi connectivity index (χ1v) is 4.26. The maximum Gasteiger partial charge on any atom is 0.143 e. The van der Waals surface area contributed by atoms with E-state index < -0.39 is 0 Å². The number of aromatic nitrogens is 2. The van der Waals surface area contributed by atoms with Crippen LogP contribution in [0.15, 0.2) is 10.8 Å². The summed E-state index contributed by atoms with van der Waals surface area (Å²) in [5.41, 5.74) is 1.03. The predicted octanol–water partition coefficient (Wildman–Crippen LogP) is 1.84. The minimum atomic E-state index is 0.844. The number of hydrogen-bond donors (Lipinski definition) is 1. The second-order valence-corrected chi connectivity index (χ2v) is 2.88. The summed E-state index contributed by atoms with van der Waals surface area (Å²) in [6.07, 6.45) is 2.48. The lowest BCUT2D eigenvalue weighted by Gasteiger charge is -2.04. The van der Waals surface area contributed by atoms with Gasteiger partial charge in [0.25, 0.3) is 0 Å². The van der Waals surface area contributed by atoms with Crippen molar-refractivity contribution in [1.82, 2.24) is 9.97 Å². The van der Waals surface area contributed by atoms with Crippen LogP contribution >= 0.6 is 15.9 Å². The molecule has 60 valence electrons. The maximum atomic E-state index is 4.11. The molecule has 0 fully saturated rings. The van der Waals surface area contributed by atoms with Gasteiger partial charge in [0.1, 0.15) is 12.1 Å². The molecule has 0 aliphatic carbocycles. The van der Waals surface area contributed by atoms with Crippen molar-refractivity contribution in [1.29, 1.82) is 0 Å². The molecule has 0 radical (unpaired) electrons. The van der Waals surface area contributed by atoms with Crippen molar-refractivity contribution in [2.45, 2.75) is 13.3 Å². The smallest absolute Gasteiger partial charge is 0.143 e. The second-order valence-electron chi connectivity index (χ2n) is 2.09. The maximum absolute atomic E-state index is 4.11. The third-order valence-corrected chi connectivity index (χ3v) is 2.27. The Morgan fingerprint density at radius 1 is 1.55 bits per heavy atom. The van der Waals surface area contributed by atoms with Gasteiger partial charge in [0.2, 0.25) is 0 Å². The molecule has 1 aromatic rings. The van der Waals surface area contributed by atoms with Gasteiger partial charge in [-0.2, -0.15) is 0 Å². The van der Waals surface area contributed by atoms with Crippen LogP contribution in [0, 0.1) is 0 Å². The van der Waals surface area contributed by atoms with Crippen molar-refractivity contribution in [2.75, 3.05) is 12.4 Å². The highest BCUT2D eigenvalue weighted by Crippen LogP contribution is 2.21. The molecule has 0 atom stereocenters. The van der Waals surface area contributed by atoms with Crippen LogP contribution in [0.1, 0.15) is 12.6 Å². The molecule has 0 aromatic carbocycles. The Bertz CT molecular complexity index is 227. The number of nitrogens with zero attached hydrogens (tertiary/aromatic N) is 2. The van der Waals surface area contributed by atoms with Gasteiger partial charge in [-0.05, 0) is 22.4 Å². The Balaban J connectivity index is 3.10. The molecule has 3 nitrogen and oxygen atoms in total. The van der Waals surface area contributed by atoms with Gasteiger partial charge in [0.15, 0.2) is 0 Å². The summed E-state index contributed by atoms with van der Waals surface area (Å²) in [6, 6.07) is 0. The zero-order chi connectivity index (χ0) is 8.27. The Morgan fingerprint density at radius 3 is 2.82 bits per heavy atom. The van der Waals surface area contributed by atoms with E-state index >= 15 is 0 Å². The first-order valence-electron chi connectivity index (χ1n) is 3.46. The van der Waals surface area contributed by atoms with Gasteiger partial charge in [-0.3, -0.25) is 0 Å². The molecule has 0 bridgehead atoms. The van der Waals surface area contributed by atoms with E-state index in [0.29, 0.717) is 0 Å². The Kier molecular flexibility index (Phi) is 2.82. The third-order valence-electron chi connectivity index (χ3n) is 1.43. The number of nitrogens with one attached hydrogen (secondary N) is 1. The molecule has 0 aliphatic rings. The SMILES string of the molecule is CCc1ncnc(NC)c1Br. The fraction of sp³-hybridized carbons (Fsp3) is 0.429. The lowest BCUT2D eigenvalue weighted by atomic mass is 10.3. The summed E-state index contributed by atoms with van der Waals surface area (Å²) >= 11 is 3.41. The van der Waals surface area contributed by atoms with Gasteiger partial charge in [-0.15, -0.1) is 0 Å². The van der Waals surface area contributed by atoms with E-state index in [0.717, 1.165) is 22.4 Å².